The van der Waals surface area contributed by atoms with Crippen molar-refractivity contribution >= 4 is 57.1 Å². The van der Waals surface area contributed by atoms with E-state index in [0.717, 1.165) is 21.2 Å². The van der Waals surface area contributed by atoms with E-state index in [9.17, 15) is 9.18 Å². The molecule has 0 saturated heterocycles. The maximum Gasteiger partial charge on any atom is 0.236 e. The average molecular weight is 462 g/mol. The van der Waals surface area contributed by atoms with E-state index in [1.165, 1.54) is 46.6 Å². The van der Waals surface area contributed by atoms with Crippen molar-refractivity contribution in [2.75, 3.05) is 11.1 Å². The van der Waals surface area contributed by atoms with Crippen LogP contribution in [0.1, 0.15) is 0 Å². The fourth-order valence-corrected chi connectivity index (χ4v) is 4.94. The minimum atomic E-state index is -0.295. The molecule has 0 aliphatic rings. The summed E-state index contributed by atoms with van der Waals surface area (Å²) in [5, 5.41) is 7.77. The summed E-state index contributed by atoms with van der Waals surface area (Å²) in [6.07, 6.45) is 0. The van der Waals surface area contributed by atoms with E-state index >= 15 is 0 Å². The number of carbonyl (C=O) groups excluding carboxylic acids is 1. The number of amides is 1. The second-order valence-corrected chi connectivity index (χ2v) is 9.26. The van der Waals surface area contributed by atoms with Gasteiger partial charge in [0.1, 0.15) is 5.82 Å². The van der Waals surface area contributed by atoms with Crippen LogP contribution in [0, 0.1) is 5.82 Å². The standard InChI is InChI=1S/C20H13ClFN3OS3/c21-14-5-1-12(2-6-14)17-10-28-20(24-17)29-11-18(26)25-19-23-16(9-27-19)13-3-7-15(22)8-4-13/h1-10H,11H2,(H,23,25,26). The summed E-state index contributed by atoms with van der Waals surface area (Å²) < 4.78 is 13.8. The van der Waals surface area contributed by atoms with Gasteiger partial charge in [-0.1, -0.05) is 35.5 Å². The first-order valence-corrected chi connectivity index (χ1v) is 11.5. The number of thioether (sulfide) groups is 1. The van der Waals surface area contributed by atoms with Crippen molar-refractivity contribution in [1.29, 1.82) is 0 Å². The molecule has 146 valence electrons. The number of nitrogens with zero attached hydrogens (tertiary/aromatic N) is 2. The first-order valence-electron chi connectivity index (χ1n) is 8.42. The second-order valence-electron chi connectivity index (χ2n) is 5.89. The highest BCUT2D eigenvalue weighted by Gasteiger charge is 2.11. The SMILES string of the molecule is O=C(CSc1nc(-c2ccc(Cl)cc2)cs1)Nc1nc(-c2ccc(F)cc2)cs1. The van der Waals surface area contributed by atoms with E-state index in [2.05, 4.69) is 15.3 Å². The largest absolute Gasteiger partial charge is 0.301 e. The summed E-state index contributed by atoms with van der Waals surface area (Å²) in [7, 11) is 0. The van der Waals surface area contributed by atoms with Gasteiger partial charge in [0.05, 0.1) is 17.1 Å². The molecule has 1 N–H and O–H groups in total. The van der Waals surface area contributed by atoms with Crippen molar-refractivity contribution in [3.05, 3.63) is 70.1 Å². The summed E-state index contributed by atoms with van der Waals surface area (Å²) in [6, 6.07) is 13.6. The van der Waals surface area contributed by atoms with Gasteiger partial charge in [-0.2, -0.15) is 0 Å². The van der Waals surface area contributed by atoms with E-state index in [4.69, 9.17) is 11.6 Å². The van der Waals surface area contributed by atoms with E-state index in [0.29, 0.717) is 15.8 Å². The number of rotatable bonds is 6. The molecule has 9 heteroatoms. The van der Waals surface area contributed by atoms with Gasteiger partial charge in [0.2, 0.25) is 5.91 Å². The molecule has 2 heterocycles. The van der Waals surface area contributed by atoms with Gasteiger partial charge in [0.15, 0.2) is 9.47 Å². The van der Waals surface area contributed by atoms with Crippen molar-refractivity contribution in [1.82, 2.24) is 9.97 Å². The summed E-state index contributed by atoms with van der Waals surface area (Å²) in [5.74, 6) is -0.215. The summed E-state index contributed by atoms with van der Waals surface area (Å²) in [5.41, 5.74) is 3.34. The Kier molecular flexibility index (Phi) is 6.25. The minimum Gasteiger partial charge on any atom is -0.301 e. The highest BCUT2D eigenvalue weighted by molar-refractivity contribution is 8.01. The van der Waals surface area contributed by atoms with Crippen molar-refractivity contribution in [2.45, 2.75) is 4.34 Å². The van der Waals surface area contributed by atoms with E-state index in [1.54, 1.807) is 12.1 Å². The molecular weight excluding hydrogens is 449 g/mol. The molecule has 2 aromatic carbocycles. The third kappa shape index (κ3) is 5.22. The van der Waals surface area contributed by atoms with Gasteiger partial charge in [0, 0.05) is 26.9 Å². The average Bonchev–Trinajstić information content (AvgIpc) is 3.37. The zero-order valence-corrected chi connectivity index (χ0v) is 18.0. The van der Waals surface area contributed by atoms with Crippen molar-refractivity contribution in [2.24, 2.45) is 0 Å². The van der Waals surface area contributed by atoms with Crippen LogP contribution in [0.3, 0.4) is 0 Å². The fourth-order valence-electron chi connectivity index (χ4n) is 2.44. The molecule has 0 atom stereocenters. The highest BCUT2D eigenvalue weighted by Crippen LogP contribution is 2.29. The second kappa shape index (κ2) is 9.04. The number of halogens is 2. The molecule has 4 aromatic rings. The molecule has 2 aromatic heterocycles. The van der Waals surface area contributed by atoms with Crippen LogP contribution in [-0.2, 0) is 4.79 Å². The number of hydrogen-bond donors (Lipinski definition) is 1. The van der Waals surface area contributed by atoms with Gasteiger partial charge < -0.3 is 5.32 Å². The van der Waals surface area contributed by atoms with Gasteiger partial charge >= 0.3 is 0 Å². The molecular formula is C20H13ClFN3OS3. The number of nitrogens with one attached hydrogen (secondary N) is 1. The molecule has 4 rings (SSSR count). The smallest absolute Gasteiger partial charge is 0.236 e. The lowest BCUT2D eigenvalue weighted by atomic mass is 10.2. The molecule has 1 amide bonds. The quantitative estimate of drug-likeness (QED) is 0.335. The predicted octanol–water partition coefficient (Wildman–Crippen LogP) is 6.46. The Morgan fingerprint density at radius 2 is 1.59 bits per heavy atom. The van der Waals surface area contributed by atoms with E-state index in [1.807, 2.05) is 35.0 Å². The fraction of sp³-hybridized carbons (Fsp3) is 0.0500. The lowest BCUT2D eigenvalue weighted by Gasteiger charge is -2.00. The molecule has 0 unspecified atom stereocenters. The summed E-state index contributed by atoms with van der Waals surface area (Å²) >= 11 is 10.1. The van der Waals surface area contributed by atoms with Crippen molar-refractivity contribution in [3.63, 3.8) is 0 Å². The summed E-state index contributed by atoms with van der Waals surface area (Å²) in [6.45, 7) is 0. The van der Waals surface area contributed by atoms with Crippen molar-refractivity contribution in [3.8, 4) is 22.5 Å². The third-order valence-electron chi connectivity index (χ3n) is 3.84. The molecule has 0 spiro atoms. The van der Waals surface area contributed by atoms with Gasteiger partial charge in [-0.15, -0.1) is 22.7 Å². The van der Waals surface area contributed by atoms with Crippen LogP contribution in [-0.4, -0.2) is 21.6 Å². The van der Waals surface area contributed by atoms with Crippen LogP contribution < -0.4 is 5.32 Å². The van der Waals surface area contributed by atoms with Gasteiger partial charge in [-0.05, 0) is 36.4 Å². The first-order chi connectivity index (χ1) is 14.1. The van der Waals surface area contributed by atoms with Crippen LogP contribution in [0.5, 0.6) is 0 Å². The molecule has 0 bridgehead atoms. The minimum absolute atomic E-state index is 0.154. The highest BCUT2D eigenvalue weighted by atomic mass is 35.5. The first kappa shape index (κ1) is 20.0. The zero-order valence-electron chi connectivity index (χ0n) is 14.8. The Hall–Kier alpha value is -2.26. The number of carbonyl (C=O) groups is 1. The van der Waals surface area contributed by atoms with Crippen LogP contribution in [0.4, 0.5) is 9.52 Å². The topological polar surface area (TPSA) is 54.9 Å². The number of thiazole rings is 2. The lowest BCUT2D eigenvalue weighted by molar-refractivity contribution is -0.113. The number of anilines is 1. The maximum atomic E-state index is 13.0. The Morgan fingerprint density at radius 3 is 2.31 bits per heavy atom. The Balaban J connectivity index is 1.33. The third-order valence-corrected chi connectivity index (χ3v) is 6.87. The molecule has 4 nitrogen and oxygen atoms in total. The van der Waals surface area contributed by atoms with Gasteiger partial charge in [0.25, 0.3) is 0 Å². The number of benzene rings is 2. The monoisotopic (exact) mass is 461 g/mol. The zero-order chi connectivity index (χ0) is 20.2. The number of aromatic nitrogens is 2. The Morgan fingerprint density at radius 1 is 0.966 bits per heavy atom. The van der Waals surface area contributed by atoms with Crippen LogP contribution >= 0.6 is 46.0 Å². The maximum absolute atomic E-state index is 13.0. The van der Waals surface area contributed by atoms with Crippen molar-refractivity contribution < 1.29 is 9.18 Å². The van der Waals surface area contributed by atoms with Crippen LogP contribution in [0.15, 0.2) is 63.6 Å². The molecule has 0 saturated carbocycles. The lowest BCUT2D eigenvalue weighted by Crippen LogP contribution is -2.13. The molecule has 0 fully saturated rings. The molecule has 29 heavy (non-hydrogen) atoms. The molecule has 0 aliphatic heterocycles. The van der Waals surface area contributed by atoms with Crippen LogP contribution in [0.2, 0.25) is 5.02 Å². The summed E-state index contributed by atoms with van der Waals surface area (Å²) in [4.78, 5) is 21.2. The number of hydrogen-bond acceptors (Lipinski definition) is 6. The van der Waals surface area contributed by atoms with E-state index < -0.39 is 0 Å². The predicted molar refractivity (Wildman–Crippen MR) is 119 cm³/mol. The Bertz CT molecular complexity index is 1130. The molecule has 0 aliphatic carbocycles. The normalized spacial score (nSPS) is 10.8. The van der Waals surface area contributed by atoms with Gasteiger partial charge in [-0.25, -0.2) is 14.4 Å². The van der Waals surface area contributed by atoms with Gasteiger partial charge in [-0.3, -0.25) is 4.79 Å². The van der Waals surface area contributed by atoms with E-state index in [-0.39, 0.29) is 17.5 Å². The Labute approximate surface area is 183 Å². The molecule has 0 radical (unpaired) electrons. The van der Waals surface area contributed by atoms with Crippen LogP contribution in [0.25, 0.3) is 22.5 Å².